The van der Waals surface area contributed by atoms with Crippen LogP contribution in [0.25, 0.3) is 0 Å². The van der Waals surface area contributed by atoms with Crippen molar-refractivity contribution in [1.82, 2.24) is 0 Å². The quantitative estimate of drug-likeness (QED) is 0.753. The van der Waals surface area contributed by atoms with Crippen molar-refractivity contribution in [2.45, 2.75) is 32.7 Å². The van der Waals surface area contributed by atoms with E-state index < -0.39 is 6.29 Å². The molecule has 90 valence electrons. The predicted molar refractivity (Wildman–Crippen MR) is 63.2 cm³/mol. The SMILES string of the molecule is CCc1ccc(C(O)OC(C)COC)cc1. The van der Waals surface area contributed by atoms with Crippen molar-refractivity contribution in [3.8, 4) is 0 Å². The second kappa shape index (κ2) is 6.63. The van der Waals surface area contributed by atoms with Crippen LogP contribution < -0.4 is 0 Å². The first-order chi connectivity index (χ1) is 7.67. The zero-order valence-corrected chi connectivity index (χ0v) is 10.1. The van der Waals surface area contributed by atoms with E-state index in [1.807, 2.05) is 31.2 Å². The first-order valence-electron chi connectivity index (χ1n) is 5.58. The summed E-state index contributed by atoms with van der Waals surface area (Å²) in [6.07, 6.45) is -0.000902. The highest BCUT2D eigenvalue weighted by atomic mass is 16.6. The van der Waals surface area contributed by atoms with Crippen molar-refractivity contribution >= 4 is 0 Å². The molecule has 0 spiro atoms. The predicted octanol–water partition coefficient (Wildman–Crippen LogP) is 2.29. The monoisotopic (exact) mass is 224 g/mol. The molecular formula is C13H20O3. The van der Waals surface area contributed by atoms with Crippen molar-refractivity contribution in [2.75, 3.05) is 13.7 Å². The van der Waals surface area contributed by atoms with E-state index in [2.05, 4.69) is 6.92 Å². The van der Waals surface area contributed by atoms with Crippen LogP contribution in [0.3, 0.4) is 0 Å². The molecule has 0 fully saturated rings. The number of hydrogen-bond acceptors (Lipinski definition) is 3. The summed E-state index contributed by atoms with van der Waals surface area (Å²) in [5.41, 5.74) is 2.03. The number of aliphatic hydroxyl groups is 1. The lowest BCUT2D eigenvalue weighted by Crippen LogP contribution is -2.18. The molecule has 0 bridgehead atoms. The lowest BCUT2D eigenvalue weighted by molar-refractivity contribution is -0.147. The second-order valence-electron chi connectivity index (χ2n) is 3.85. The van der Waals surface area contributed by atoms with E-state index >= 15 is 0 Å². The van der Waals surface area contributed by atoms with Gasteiger partial charge in [-0.1, -0.05) is 31.2 Å². The molecule has 0 aliphatic rings. The molecular weight excluding hydrogens is 204 g/mol. The number of methoxy groups -OCH3 is 1. The smallest absolute Gasteiger partial charge is 0.181 e. The molecule has 3 nitrogen and oxygen atoms in total. The van der Waals surface area contributed by atoms with E-state index in [4.69, 9.17) is 9.47 Å². The van der Waals surface area contributed by atoms with Crippen LogP contribution in [0.2, 0.25) is 0 Å². The Balaban J connectivity index is 2.55. The number of hydrogen-bond donors (Lipinski definition) is 1. The maximum atomic E-state index is 9.80. The summed E-state index contributed by atoms with van der Waals surface area (Å²) in [6.45, 7) is 4.44. The van der Waals surface area contributed by atoms with Gasteiger partial charge >= 0.3 is 0 Å². The van der Waals surface area contributed by atoms with E-state index in [9.17, 15) is 5.11 Å². The van der Waals surface area contributed by atoms with Crippen LogP contribution in [-0.2, 0) is 15.9 Å². The average molecular weight is 224 g/mol. The van der Waals surface area contributed by atoms with Crippen molar-refractivity contribution in [2.24, 2.45) is 0 Å². The molecule has 0 amide bonds. The summed E-state index contributed by atoms with van der Waals surface area (Å²) in [5, 5.41) is 9.80. The van der Waals surface area contributed by atoms with Gasteiger partial charge in [-0.15, -0.1) is 0 Å². The summed E-state index contributed by atoms with van der Waals surface area (Å²) < 4.78 is 10.3. The molecule has 1 aromatic carbocycles. The Hall–Kier alpha value is -0.900. The van der Waals surface area contributed by atoms with Crippen LogP contribution in [0.5, 0.6) is 0 Å². The van der Waals surface area contributed by atoms with Crippen LogP contribution in [0.1, 0.15) is 31.3 Å². The summed E-state index contributed by atoms with van der Waals surface area (Å²) in [7, 11) is 1.61. The topological polar surface area (TPSA) is 38.7 Å². The van der Waals surface area contributed by atoms with Crippen molar-refractivity contribution in [3.05, 3.63) is 35.4 Å². The fraction of sp³-hybridized carbons (Fsp3) is 0.538. The first-order valence-corrected chi connectivity index (χ1v) is 5.58. The molecule has 1 N–H and O–H groups in total. The fourth-order valence-electron chi connectivity index (χ4n) is 1.49. The Morgan fingerprint density at radius 2 is 1.88 bits per heavy atom. The minimum atomic E-state index is -0.879. The van der Waals surface area contributed by atoms with Gasteiger partial charge in [-0.25, -0.2) is 0 Å². The molecule has 0 saturated carbocycles. The van der Waals surface area contributed by atoms with E-state index in [0.29, 0.717) is 6.61 Å². The largest absolute Gasteiger partial charge is 0.382 e. The molecule has 0 aliphatic carbocycles. The lowest BCUT2D eigenvalue weighted by Gasteiger charge is -2.17. The number of rotatable bonds is 6. The molecule has 2 unspecified atom stereocenters. The lowest BCUT2D eigenvalue weighted by atomic mass is 10.1. The van der Waals surface area contributed by atoms with Gasteiger partial charge in [0.25, 0.3) is 0 Å². The van der Waals surface area contributed by atoms with Gasteiger partial charge in [0, 0.05) is 12.7 Å². The summed E-state index contributed by atoms with van der Waals surface area (Å²) in [4.78, 5) is 0. The normalized spacial score (nSPS) is 14.8. The third-order valence-corrected chi connectivity index (χ3v) is 2.44. The molecule has 0 heterocycles. The summed E-state index contributed by atoms with van der Waals surface area (Å²) >= 11 is 0. The highest BCUT2D eigenvalue weighted by Gasteiger charge is 2.11. The van der Waals surface area contributed by atoms with Gasteiger partial charge in [0.15, 0.2) is 6.29 Å². The molecule has 3 heteroatoms. The minimum absolute atomic E-state index is 0.120. The van der Waals surface area contributed by atoms with Gasteiger partial charge in [0.2, 0.25) is 0 Å². The molecule has 0 aromatic heterocycles. The molecule has 1 rings (SSSR count). The number of ether oxygens (including phenoxy) is 2. The van der Waals surface area contributed by atoms with E-state index in [1.54, 1.807) is 7.11 Å². The van der Waals surface area contributed by atoms with E-state index in [-0.39, 0.29) is 6.10 Å². The van der Waals surface area contributed by atoms with Gasteiger partial charge in [-0.2, -0.15) is 0 Å². The van der Waals surface area contributed by atoms with Crippen LogP contribution in [0.15, 0.2) is 24.3 Å². The second-order valence-corrected chi connectivity index (χ2v) is 3.85. The Labute approximate surface area is 97.0 Å². The van der Waals surface area contributed by atoms with Crippen LogP contribution >= 0.6 is 0 Å². The zero-order chi connectivity index (χ0) is 12.0. The Morgan fingerprint density at radius 3 is 2.38 bits per heavy atom. The van der Waals surface area contributed by atoms with Crippen molar-refractivity contribution < 1.29 is 14.6 Å². The summed E-state index contributed by atoms with van der Waals surface area (Å²) in [6, 6.07) is 7.79. The van der Waals surface area contributed by atoms with Gasteiger partial charge in [0.05, 0.1) is 12.7 Å². The fourth-order valence-corrected chi connectivity index (χ4v) is 1.49. The molecule has 16 heavy (non-hydrogen) atoms. The molecule has 0 radical (unpaired) electrons. The van der Waals surface area contributed by atoms with Gasteiger partial charge in [-0.05, 0) is 18.9 Å². The number of benzene rings is 1. The minimum Gasteiger partial charge on any atom is -0.382 e. The van der Waals surface area contributed by atoms with Gasteiger partial charge < -0.3 is 14.6 Å². The molecule has 0 saturated heterocycles. The Bertz CT molecular complexity index is 295. The molecule has 1 aromatic rings. The van der Waals surface area contributed by atoms with Gasteiger partial charge in [0.1, 0.15) is 0 Å². The Morgan fingerprint density at radius 1 is 1.25 bits per heavy atom. The van der Waals surface area contributed by atoms with Crippen molar-refractivity contribution in [3.63, 3.8) is 0 Å². The standard InChI is InChI=1S/C13H20O3/c1-4-11-5-7-12(8-6-11)13(14)16-10(2)9-15-3/h5-8,10,13-14H,4,9H2,1-3H3. The Kier molecular flexibility index (Phi) is 5.46. The average Bonchev–Trinajstić information content (AvgIpc) is 2.29. The van der Waals surface area contributed by atoms with Crippen LogP contribution in [-0.4, -0.2) is 24.9 Å². The van der Waals surface area contributed by atoms with Crippen LogP contribution in [0.4, 0.5) is 0 Å². The number of aliphatic hydroxyl groups excluding tert-OH is 1. The van der Waals surface area contributed by atoms with Gasteiger partial charge in [-0.3, -0.25) is 0 Å². The van der Waals surface area contributed by atoms with Crippen LogP contribution in [0, 0.1) is 0 Å². The highest BCUT2D eigenvalue weighted by molar-refractivity contribution is 5.23. The maximum Gasteiger partial charge on any atom is 0.181 e. The third-order valence-electron chi connectivity index (χ3n) is 2.44. The maximum absolute atomic E-state index is 9.80. The van der Waals surface area contributed by atoms with E-state index in [1.165, 1.54) is 5.56 Å². The molecule has 2 atom stereocenters. The zero-order valence-electron chi connectivity index (χ0n) is 10.1. The summed E-state index contributed by atoms with van der Waals surface area (Å²) in [5.74, 6) is 0. The first kappa shape index (κ1) is 13.2. The van der Waals surface area contributed by atoms with E-state index in [0.717, 1.165) is 12.0 Å². The number of aryl methyl sites for hydroxylation is 1. The molecule has 0 aliphatic heterocycles. The highest BCUT2D eigenvalue weighted by Crippen LogP contribution is 2.17. The third kappa shape index (κ3) is 3.93. The van der Waals surface area contributed by atoms with Crippen molar-refractivity contribution in [1.29, 1.82) is 0 Å².